The van der Waals surface area contributed by atoms with Gasteiger partial charge in [0.25, 0.3) is 0 Å². The number of nitrogens with zero attached hydrogens (tertiary/aromatic N) is 2. The van der Waals surface area contributed by atoms with Gasteiger partial charge in [-0.25, -0.2) is 9.59 Å². The minimum absolute atomic E-state index is 0.331. The summed E-state index contributed by atoms with van der Waals surface area (Å²) in [6.07, 6.45) is 3.49. The average Bonchev–Trinajstić information content (AvgIpc) is 2.45. The maximum absolute atomic E-state index is 11.6. The molecule has 0 saturated heterocycles. The Labute approximate surface area is 134 Å². The van der Waals surface area contributed by atoms with E-state index in [1.807, 2.05) is 23.9 Å². The normalized spacial score (nSPS) is 14.4. The van der Waals surface area contributed by atoms with E-state index in [2.05, 4.69) is 13.8 Å². The summed E-state index contributed by atoms with van der Waals surface area (Å²) in [6.45, 7) is 9.36. The van der Waals surface area contributed by atoms with Crippen molar-refractivity contribution < 1.29 is 19.1 Å². The first-order valence-corrected chi connectivity index (χ1v) is 7.81. The van der Waals surface area contributed by atoms with Crippen molar-refractivity contribution in [3.8, 4) is 0 Å². The molecule has 6 heteroatoms. The van der Waals surface area contributed by atoms with E-state index >= 15 is 0 Å². The highest BCUT2D eigenvalue weighted by Crippen LogP contribution is 2.02. The molecule has 0 aromatic carbocycles. The molecule has 0 rings (SSSR count). The van der Waals surface area contributed by atoms with Crippen molar-refractivity contribution in [1.82, 2.24) is 9.80 Å². The average molecular weight is 314 g/mol. The minimum Gasteiger partial charge on any atom is -0.443 e. The van der Waals surface area contributed by atoms with Gasteiger partial charge in [0.2, 0.25) is 0 Å². The highest BCUT2D eigenvalue weighted by Gasteiger charge is 2.14. The number of carbonyl (C=O) groups is 2. The molecule has 0 aliphatic carbocycles. The van der Waals surface area contributed by atoms with Crippen molar-refractivity contribution in [2.75, 3.05) is 27.2 Å². The molecule has 0 aliphatic rings. The lowest BCUT2D eigenvalue weighted by molar-refractivity contribution is -0.153. The second kappa shape index (κ2) is 11.2. The minimum atomic E-state index is -0.554. The maximum Gasteiger partial charge on any atom is 0.332 e. The van der Waals surface area contributed by atoms with Crippen molar-refractivity contribution in [2.45, 2.75) is 53.0 Å². The van der Waals surface area contributed by atoms with Gasteiger partial charge in [-0.2, -0.15) is 0 Å². The summed E-state index contributed by atoms with van der Waals surface area (Å²) < 4.78 is 10.4. The molecule has 0 N–H and O–H groups in total. The first kappa shape index (κ1) is 20.6. The van der Waals surface area contributed by atoms with Gasteiger partial charge < -0.3 is 9.47 Å². The predicted molar refractivity (Wildman–Crippen MR) is 86.1 cm³/mol. The Hall–Kier alpha value is -1.40. The Morgan fingerprint density at radius 1 is 0.864 bits per heavy atom. The van der Waals surface area contributed by atoms with E-state index in [4.69, 9.17) is 9.47 Å². The Kier molecular flexibility index (Phi) is 10.5. The third-order valence-electron chi connectivity index (χ3n) is 3.32. The molecule has 0 fully saturated rings. The summed E-state index contributed by atoms with van der Waals surface area (Å²) in [5.74, 6) is -1.11. The van der Waals surface area contributed by atoms with Crippen LogP contribution in [0.3, 0.4) is 0 Å². The van der Waals surface area contributed by atoms with Gasteiger partial charge in [0, 0.05) is 25.2 Å². The second-order valence-electron chi connectivity index (χ2n) is 5.37. The van der Waals surface area contributed by atoms with E-state index in [0.29, 0.717) is 0 Å². The smallest absolute Gasteiger partial charge is 0.332 e. The number of rotatable bonds is 10. The summed E-state index contributed by atoms with van der Waals surface area (Å²) in [7, 11) is 3.76. The summed E-state index contributed by atoms with van der Waals surface area (Å²) >= 11 is 0. The van der Waals surface area contributed by atoms with Gasteiger partial charge >= 0.3 is 11.9 Å². The summed E-state index contributed by atoms with van der Waals surface area (Å²) in [5.41, 5.74) is 0. The van der Waals surface area contributed by atoms with Crippen LogP contribution >= 0.6 is 0 Å². The Balaban J connectivity index is 4.23. The molecule has 2 atom stereocenters. The monoisotopic (exact) mass is 314 g/mol. The van der Waals surface area contributed by atoms with Crippen molar-refractivity contribution >= 4 is 11.9 Å². The largest absolute Gasteiger partial charge is 0.443 e. The van der Waals surface area contributed by atoms with Gasteiger partial charge in [0.1, 0.15) is 0 Å². The maximum atomic E-state index is 11.6. The highest BCUT2D eigenvalue weighted by atomic mass is 16.6. The standard InChI is InChI=1S/C16H30N2O4/c1-7-11-17(5)13(3)21-15(19)9-10-16(20)22-14(4)18(6)12-8-2/h9-10,13-14H,7-8,11-12H2,1-6H3/b10-9-. The van der Waals surface area contributed by atoms with Crippen LogP contribution in [0.25, 0.3) is 0 Å². The first-order chi connectivity index (χ1) is 10.3. The SMILES string of the molecule is CCCN(C)C(C)OC(=O)/C=C\C(=O)OC(C)N(C)CCC. The lowest BCUT2D eigenvalue weighted by Crippen LogP contribution is -2.34. The molecule has 0 heterocycles. The molecule has 0 bridgehead atoms. The van der Waals surface area contributed by atoms with Crippen LogP contribution in [-0.2, 0) is 19.1 Å². The quantitative estimate of drug-likeness (QED) is 0.349. The van der Waals surface area contributed by atoms with Crippen LogP contribution < -0.4 is 0 Å². The zero-order chi connectivity index (χ0) is 17.1. The topological polar surface area (TPSA) is 59.1 Å². The molecule has 128 valence electrons. The fourth-order valence-corrected chi connectivity index (χ4v) is 1.80. The molecule has 0 spiro atoms. The lowest BCUT2D eigenvalue weighted by atomic mass is 10.4. The number of hydrogen-bond donors (Lipinski definition) is 0. The predicted octanol–water partition coefficient (Wildman–Crippen LogP) is 2.00. The molecule has 6 nitrogen and oxygen atoms in total. The van der Waals surface area contributed by atoms with Crippen molar-refractivity contribution in [3.05, 3.63) is 12.2 Å². The van der Waals surface area contributed by atoms with Gasteiger partial charge in [0.15, 0.2) is 12.5 Å². The van der Waals surface area contributed by atoms with Gasteiger partial charge in [0.05, 0.1) is 0 Å². The molecule has 22 heavy (non-hydrogen) atoms. The van der Waals surface area contributed by atoms with Crippen LogP contribution in [0.15, 0.2) is 12.2 Å². The van der Waals surface area contributed by atoms with Gasteiger partial charge in [-0.3, -0.25) is 9.80 Å². The van der Waals surface area contributed by atoms with Crippen LogP contribution in [0, 0.1) is 0 Å². The first-order valence-electron chi connectivity index (χ1n) is 7.81. The fraction of sp³-hybridized carbons (Fsp3) is 0.750. The van der Waals surface area contributed by atoms with Gasteiger partial charge in [-0.1, -0.05) is 13.8 Å². The molecular formula is C16H30N2O4. The summed E-state index contributed by atoms with van der Waals surface area (Å²) in [4.78, 5) is 27.1. The van der Waals surface area contributed by atoms with E-state index in [1.165, 1.54) is 0 Å². The third kappa shape index (κ3) is 8.79. The number of esters is 2. The summed E-state index contributed by atoms with van der Waals surface area (Å²) in [6, 6.07) is 0. The Morgan fingerprint density at radius 2 is 1.18 bits per heavy atom. The van der Waals surface area contributed by atoms with E-state index in [9.17, 15) is 9.59 Å². The van der Waals surface area contributed by atoms with E-state index in [1.54, 1.807) is 13.8 Å². The van der Waals surface area contributed by atoms with Crippen LogP contribution in [-0.4, -0.2) is 61.4 Å². The zero-order valence-electron chi connectivity index (χ0n) is 14.7. The van der Waals surface area contributed by atoms with E-state index < -0.39 is 11.9 Å². The van der Waals surface area contributed by atoms with E-state index in [-0.39, 0.29) is 12.5 Å². The molecule has 0 aliphatic heterocycles. The molecule has 2 unspecified atom stereocenters. The van der Waals surface area contributed by atoms with Crippen LogP contribution in [0.4, 0.5) is 0 Å². The number of carbonyl (C=O) groups excluding carboxylic acids is 2. The third-order valence-corrected chi connectivity index (χ3v) is 3.32. The van der Waals surface area contributed by atoms with Crippen molar-refractivity contribution in [2.24, 2.45) is 0 Å². The lowest BCUT2D eigenvalue weighted by Gasteiger charge is -2.23. The second-order valence-corrected chi connectivity index (χ2v) is 5.37. The molecule has 0 saturated carbocycles. The molecule has 0 amide bonds. The number of hydrogen-bond acceptors (Lipinski definition) is 6. The molecule has 0 aromatic rings. The van der Waals surface area contributed by atoms with Crippen LogP contribution in [0.2, 0.25) is 0 Å². The Bertz CT molecular complexity index is 337. The zero-order valence-corrected chi connectivity index (χ0v) is 14.7. The molecule has 0 aromatic heterocycles. The van der Waals surface area contributed by atoms with Crippen LogP contribution in [0.1, 0.15) is 40.5 Å². The van der Waals surface area contributed by atoms with E-state index in [0.717, 1.165) is 38.1 Å². The number of ether oxygens (including phenoxy) is 2. The van der Waals surface area contributed by atoms with Gasteiger partial charge in [-0.05, 0) is 40.8 Å². The van der Waals surface area contributed by atoms with Crippen LogP contribution in [0.5, 0.6) is 0 Å². The Morgan fingerprint density at radius 3 is 1.45 bits per heavy atom. The van der Waals surface area contributed by atoms with Gasteiger partial charge in [-0.15, -0.1) is 0 Å². The summed E-state index contributed by atoms with van der Waals surface area (Å²) in [5, 5.41) is 0. The molecular weight excluding hydrogens is 284 g/mol. The van der Waals surface area contributed by atoms with Crippen molar-refractivity contribution in [1.29, 1.82) is 0 Å². The van der Waals surface area contributed by atoms with Crippen molar-refractivity contribution in [3.63, 3.8) is 0 Å². The highest BCUT2D eigenvalue weighted by molar-refractivity contribution is 5.91. The molecule has 0 radical (unpaired) electrons. The fourth-order valence-electron chi connectivity index (χ4n) is 1.80.